The van der Waals surface area contributed by atoms with E-state index < -0.39 is 0 Å². The summed E-state index contributed by atoms with van der Waals surface area (Å²) >= 11 is 0. The van der Waals surface area contributed by atoms with Crippen LogP contribution in [0.5, 0.6) is 0 Å². The molecule has 0 saturated carbocycles. The second-order valence-electron chi connectivity index (χ2n) is 6.88. The summed E-state index contributed by atoms with van der Waals surface area (Å²) in [5.74, 6) is 1.61. The highest BCUT2D eigenvalue weighted by Gasteiger charge is 2.14. The van der Waals surface area contributed by atoms with Crippen LogP contribution in [0.2, 0.25) is 0 Å². The first-order valence-electron chi connectivity index (χ1n) is 8.21. The molecule has 0 aromatic heterocycles. The summed E-state index contributed by atoms with van der Waals surface area (Å²) in [5, 5.41) is 0. The molecule has 1 rings (SSSR count). The average molecular weight is 289 g/mol. The first kappa shape index (κ1) is 17.9. The predicted molar refractivity (Wildman–Crippen MR) is 90.9 cm³/mol. The molecule has 0 unspecified atom stereocenters. The van der Waals surface area contributed by atoms with E-state index in [1.807, 2.05) is 31.2 Å². The number of Topliss-reactive ketones (excluding diaryl/α,β-unsaturated/α-hetero) is 1. The molecule has 21 heavy (non-hydrogen) atoms. The summed E-state index contributed by atoms with van der Waals surface area (Å²) < 4.78 is 0. The van der Waals surface area contributed by atoms with E-state index in [1.54, 1.807) is 0 Å². The van der Waals surface area contributed by atoms with E-state index in [2.05, 4.69) is 32.6 Å². The molecule has 0 aliphatic rings. The molecule has 0 N–H and O–H groups in total. The molecule has 1 aromatic carbocycles. The zero-order valence-corrected chi connectivity index (χ0v) is 14.4. The number of aryl methyl sites for hydroxylation is 1. The largest absolute Gasteiger partial charge is 0.296 e. The van der Waals surface area contributed by atoms with E-state index in [1.165, 1.54) is 0 Å². The smallest absolute Gasteiger partial charge is 0.177 e. The van der Waals surface area contributed by atoms with E-state index >= 15 is 0 Å². The predicted octanol–water partition coefficient (Wildman–Crippen LogP) is 4.57. The molecule has 118 valence electrons. The lowest BCUT2D eigenvalue weighted by Crippen LogP contribution is -2.33. The zero-order chi connectivity index (χ0) is 15.8. The number of carbonyl (C=O) groups is 1. The van der Waals surface area contributed by atoms with Crippen molar-refractivity contribution in [3.8, 4) is 0 Å². The minimum absolute atomic E-state index is 0.251. The number of carbonyl (C=O) groups excluding carboxylic acids is 1. The normalized spacial score (nSPS) is 11.6. The van der Waals surface area contributed by atoms with Gasteiger partial charge in [-0.25, -0.2) is 0 Å². The van der Waals surface area contributed by atoms with Gasteiger partial charge < -0.3 is 0 Å². The van der Waals surface area contributed by atoms with Gasteiger partial charge in [0.15, 0.2) is 5.78 Å². The van der Waals surface area contributed by atoms with E-state index in [9.17, 15) is 4.79 Å². The van der Waals surface area contributed by atoms with Crippen LogP contribution in [0.15, 0.2) is 24.3 Å². The number of benzene rings is 1. The quantitative estimate of drug-likeness (QED) is 0.621. The third kappa shape index (κ3) is 6.90. The van der Waals surface area contributed by atoms with Crippen molar-refractivity contribution in [1.82, 2.24) is 4.90 Å². The van der Waals surface area contributed by atoms with Crippen molar-refractivity contribution in [2.45, 2.75) is 47.5 Å². The Kier molecular flexibility index (Phi) is 7.66. The molecule has 0 radical (unpaired) electrons. The standard InChI is InChI=1S/C19H31NO/c1-15(2)10-12-20(13-11-16(3)4)14-19(21)18-9-7-6-8-17(18)5/h6-9,15-16H,10-14H2,1-5H3. The number of hydrogen-bond acceptors (Lipinski definition) is 2. The summed E-state index contributed by atoms with van der Waals surface area (Å²) in [6.07, 6.45) is 2.30. The maximum absolute atomic E-state index is 12.5. The van der Waals surface area contributed by atoms with E-state index in [0.717, 1.165) is 37.1 Å². The highest BCUT2D eigenvalue weighted by atomic mass is 16.1. The summed E-state index contributed by atoms with van der Waals surface area (Å²) in [7, 11) is 0. The molecule has 2 nitrogen and oxygen atoms in total. The van der Waals surface area contributed by atoms with Crippen molar-refractivity contribution in [3.63, 3.8) is 0 Å². The number of nitrogens with zero attached hydrogens (tertiary/aromatic N) is 1. The molecule has 0 amide bonds. The van der Waals surface area contributed by atoms with Crippen molar-refractivity contribution in [2.24, 2.45) is 11.8 Å². The van der Waals surface area contributed by atoms with E-state index in [0.29, 0.717) is 18.4 Å². The van der Waals surface area contributed by atoms with Crippen molar-refractivity contribution < 1.29 is 4.79 Å². The van der Waals surface area contributed by atoms with Crippen LogP contribution in [-0.4, -0.2) is 30.3 Å². The van der Waals surface area contributed by atoms with Crippen LogP contribution in [0, 0.1) is 18.8 Å². The molecule has 0 atom stereocenters. The SMILES string of the molecule is Cc1ccccc1C(=O)CN(CCC(C)C)CCC(C)C. The first-order valence-corrected chi connectivity index (χ1v) is 8.21. The topological polar surface area (TPSA) is 20.3 Å². The van der Waals surface area contributed by atoms with E-state index in [-0.39, 0.29) is 5.78 Å². The van der Waals surface area contributed by atoms with Crippen molar-refractivity contribution in [1.29, 1.82) is 0 Å². The Morgan fingerprint density at radius 1 is 1.00 bits per heavy atom. The second kappa shape index (κ2) is 8.99. The van der Waals surface area contributed by atoms with Gasteiger partial charge in [0, 0.05) is 5.56 Å². The molecule has 0 spiro atoms. The number of rotatable bonds is 9. The fourth-order valence-corrected chi connectivity index (χ4v) is 2.33. The molecule has 1 aromatic rings. The number of ketones is 1. The van der Waals surface area contributed by atoms with Gasteiger partial charge in [-0.2, -0.15) is 0 Å². The van der Waals surface area contributed by atoms with Gasteiger partial charge in [-0.05, 0) is 50.3 Å². The van der Waals surface area contributed by atoms with Gasteiger partial charge in [-0.15, -0.1) is 0 Å². The lowest BCUT2D eigenvalue weighted by Gasteiger charge is -2.23. The lowest BCUT2D eigenvalue weighted by molar-refractivity contribution is 0.0922. The van der Waals surface area contributed by atoms with Crippen LogP contribution in [0.1, 0.15) is 56.5 Å². The molecule has 0 aliphatic carbocycles. The minimum atomic E-state index is 0.251. The zero-order valence-electron chi connectivity index (χ0n) is 14.4. The first-order chi connectivity index (χ1) is 9.90. The van der Waals surface area contributed by atoms with E-state index in [4.69, 9.17) is 0 Å². The fraction of sp³-hybridized carbons (Fsp3) is 0.632. The Hall–Kier alpha value is -1.15. The van der Waals surface area contributed by atoms with Crippen molar-refractivity contribution in [3.05, 3.63) is 35.4 Å². The molecule has 2 heteroatoms. The van der Waals surface area contributed by atoms with Gasteiger partial charge in [-0.3, -0.25) is 9.69 Å². The van der Waals surface area contributed by atoms with Crippen LogP contribution >= 0.6 is 0 Å². The van der Waals surface area contributed by atoms with Gasteiger partial charge in [0.05, 0.1) is 6.54 Å². The van der Waals surface area contributed by atoms with Crippen LogP contribution in [-0.2, 0) is 0 Å². The van der Waals surface area contributed by atoms with Gasteiger partial charge in [0.25, 0.3) is 0 Å². The molecule has 0 fully saturated rings. The number of hydrogen-bond donors (Lipinski definition) is 0. The minimum Gasteiger partial charge on any atom is -0.296 e. The Morgan fingerprint density at radius 3 is 2.00 bits per heavy atom. The summed E-state index contributed by atoms with van der Waals surface area (Å²) in [5.41, 5.74) is 1.95. The van der Waals surface area contributed by atoms with Crippen LogP contribution < -0.4 is 0 Å². The maximum atomic E-state index is 12.5. The Balaban J connectivity index is 2.65. The average Bonchev–Trinajstić information content (AvgIpc) is 2.41. The molecule has 0 aliphatic heterocycles. The molecule has 0 saturated heterocycles. The van der Waals surface area contributed by atoms with Gasteiger partial charge in [0.1, 0.15) is 0 Å². The second-order valence-corrected chi connectivity index (χ2v) is 6.88. The third-order valence-corrected chi connectivity index (χ3v) is 3.86. The maximum Gasteiger partial charge on any atom is 0.177 e. The summed E-state index contributed by atoms with van der Waals surface area (Å²) in [6, 6.07) is 7.90. The monoisotopic (exact) mass is 289 g/mol. The Morgan fingerprint density at radius 2 is 1.52 bits per heavy atom. The van der Waals surface area contributed by atoms with Gasteiger partial charge >= 0.3 is 0 Å². The highest BCUT2D eigenvalue weighted by Crippen LogP contribution is 2.11. The van der Waals surface area contributed by atoms with Crippen molar-refractivity contribution >= 4 is 5.78 Å². The van der Waals surface area contributed by atoms with Crippen LogP contribution in [0.3, 0.4) is 0 Å². The van der Waals surface area contributed by atoms with Gasteiger partial charge in [-0.1, -0.05) is 52.0 Å². The lowest BCUT2D eigenvalue weighted by atomic mass is 10.0. The molecular formula is C19H31NO. The Labute approximate surface area is 130 Å². The third-order valence-electron chi connectivity index (χ3n) is 3.86. The van der Waals surface area contributed by atoms with Crippen LogP contribution in [0.4, 0.5) is 0 Å². The highest BCUT2D eigenvalue weighted by molar-refractivity contribution is 5.98. The Bertz CT molecular complexity index is 425. The van der Waals surface area contributed by atoms with Gasteiger partial charge in [0.2, 0.25) is 0 Å². The summed E-state index contributed by atoms with van der Waals surface area (Å²) in [4.78, 5) is 14.9. The summed E-state index contributed by atoms with van der Waals surface area (Å²) in [6.45, 7) is 13.6. The molecular weight excluding hydrogens is 258 g/mol. The van der Waals surface area contributed by atoms with Crippen LogP contribution in [0.25, 0.3) is 0 Å². The molecule has 0 bridgehead atoms. The van der Waals surface area contributed by atoms with Crippen molar-refractivity contribution in [2.75, 3.05) is 19.6 Å². The molecule has 0 heterocycles. The fourth-order valence-electron chi connectivity index (χ4n) is 2.33.